The summed E-state index contributed by atoms with van der Waals surface area (Å²) in [5, 5.41) is 0. The first-order chi connectivity index (χ1) is 9.63. The van der Waals surface area contributed by atoms with Crippen molar-refractivity contribution in [1.29, 1.82) is 0 Å². The van der Waals surface area contributed by atoms with E-state index in [1.54, 1.807) is 7.11 Å². The Morgan fingerprint density at radius 2 is 1.80 bits per heavy atom. The molecule has 106 valence electrons. The van der Waals surface area contributed by atoms with Crippen LogP contribution >= 0.6 is 15.9 Å². The summed E-state index contributed by atoms with van der Waals surface area (Å²) in [6.45, 7) is 2.99. The third-order valence-corrected chi connectivity index (χ3v) is 3.93. The molecule has 0 aliphatic carbocycles. The van der Waals surface area contributed by atoms with E-state index in [9.17, 15) is 0 Å². The van der Waals surface area contributed by atoms with Crippen LogP contribution in [0, 0.1) is 0 Å². The van der Waals surface area contributed by atoms with Gasteiger partial charge in [-0.3, -0.25) is 0 Å². The van der Waals surface area contributed by atoms with Crippen LogP contribution in [0.4, 0.5) is 5.69 Å². The van der Waals surface area contributed by atoms with Crippen molar-refractivity contribution < 1.29 is 4.74 Å². The lowest BCUT2D eigenvalue weighted by Gasteiger charge is -2.21. The Hall–Kier alpha value is -1.48. The lowest BCUT2D eigenvalue weighted by atomic mass is 10.1. The van der Waals surface area contributed by atoms with Gasteiger partial charge in [0, 0.05) is 29.3 Å². The van der Waals surface area contributed by atoms with Gasteiger partial charge in [0.25, 0.3) is 0 Å². The molecule has 2 aromatic rings. The molecule has 2 nitrogen and oxygen atoms in total. The van der Waals surface area contributed by atoms with Gasteiger partial charge < -0.3 is 9.64 Å². The standard InChI is InChI=1S/C17H20BrNO/c1-4-13-5-8-16(9-6-13)19(2)12-14-11-15(18)7-10-17(14)20-3/h5-11H,4,12H2,1-3H3. The van der Waals surface area contributed by atoms with Gasteiger partial charge >= 0.3 is 0 Å². The molecule has 0 atom stereocenters. The van der Waals surface area contributed by atoms with Crippen molar-refractivity contribution in [3.05, 3.63) is 58.1 Å². The lowest BCUT2D eigenvalue weighted by Crippen LogP contribution is -2.16. The van der Waals surface area contributed by atoms with Gasteiger partial charge in [-0.1, -0.05) is 35.0 Å². The van der Waals surface area contributed by atoms with Crippen molar-refractivity contribution in [2.75, 3.05) is 19.1 Å². The first-order valence-electron chi connectivity index (χ1n) is 6.76. The molecular formula is C17H20BrNO. The summed E-state index contributed by atoms with van der Waals surface area (Å²) in [6, 6.07) is 14.8. The molecule has 0 spiro atoms. The minimum absolute atomic E-state index is 0.814. The van der Waals surface area contributed by atoms with E-state index in [4.69, 9.17) is 4.74 Å². The van der Waals surface area contributed by atoms with Gasteiger partial charge in [-0.25, -0.2) is 0 Å². The Bertz CT molecular complexity index is 566. The third kappa shape index (κ3) is 3.54. The molecule has 0 bridgehead atoms. The van der Waals surface area contributed by atoms with Gasteiger partial charge in [0.15, 0.2) is 0 Å². The largest absolute Gasteiger partial charge is 0.496 e. The van der Waals surface area contributed by atoms with Crippen LogP contribution in [0.15, 0.2) is 46.9 Å². The highest BCUT2D eigenvalue weighted by atomic mass is 79.9. The Balaban J connectivity index is 2.17. The minimum atomic E-state index is 0.814. The van der Waals surface area contributed by atoms with E-state index < -0.39 is 0 Å². The van der Waals surface area contributed by atoms with Crippen LogP contribution in [0.1, 0.15) is 18.1 Å². The number of benzene rings is 2. The van der Waals surface area contributed by atoms with Gasteiger partial charge in [0.2, 0.25) is 0 Å². The van der Waals surface area contributed by atoms with Crippen molar-refractivity contribution in [1.82, 2.24) is 0 Å². The summed E-state index contributed by atoms with van der Waals surface area (Å²) in [5.41, 5.74) is 3.75. The van der Waals surface area contributed by atoms with E-state index in [1.807, 2.05) is 12.1 Å². The summed E-state index contributed by atoms with van der Waals surface area (Å²) in [4.78, 5) is 2.23. The van der Waals surface area contributed by atoms with Crippen molar-refractivity contribution in [3.63, 3.8) is 0 Å². The number of nitrogens with zero attached hydrogens (tertiary/aromatic N) is 1. The van der Waals surface area contributed by atoms with Crippen molar-refractivity contribution in [2.24, 2.45) is 0 Å². The van der Waals surface area contributed by atoms with Crippen molar-refractivity contribution in [2.45, 2.75) is 19.9 Å². The fraction of sp³-hybridized carbons (Fsp3) is 0.294. The monoisotopic (exact) mass is 333 g/mol. The molecular weight excluding hydrogens is 314 g/mol. The zero-order valence-electron chi connectivity index (χ0n) is 12.2. The maximum absolute atomic E-state index is 5.43. The van der Waals surface area contributed by atoms with Gasteiger partial charge in [-0.15, -0.1) is 0 Å². The third-order valence-electron chi connectivity index (χ3n) is 3.44. The van der Waals surface area contributed by atoms with E-state index in [0.29, 0.717) is 0 Å². The number of halogens is 1. The number of methoxy groups -OCH3 is 1. The number of anilines is 1. The highest BCUT2D eigenvalue weighted by Crippen LogP contribution is 2.26. The number of hydrogen-bond acceptors (Lipinski definition) is 2. The molecule has 0 aromatic heterocycles. The molecule has 3 heteroatoms. The summed E-state index contributed by atoms with van der Waals surface area (Å²) in [5.74, 6) is 0.922. The van der Waals surface area contributed by atoms with E-state index in [-0.39, 0.29) is 0 Å². The minimum Gasteiger partial charge on any atom is -0.496 e. The SMILES string of the molecule is CCc1ccc(N(C)Cc2cc(Br)ccc2OC)cc1. The Morgan fingerprint density at radius 1 is 1.10 bits per heavy atom. The average Bonchev–Trinajstić information content (AvgIpc) is 2.47. The number of aryl methyl sites for hydroxylation is 1. The van der Waals surface area contributed by atoms with Crippen LogP contribution in [0.2, 0.25) is 0 Å². The number of hydrogen-bond donors (Lipinski definition) is 0. The molecule has 0 radical (unpaired) electrons. The predicted molar refractivity (Wildman–Crippen MR) is 88.6 cm³/mol. The van der Waals surface area contributed by atoms with Gasteiger partial charge in [0.1, 0.15) is 5.75 Å². The molecule has 0 saturated heterocycles. The van der Waals surface area contributed by atoms with Crippen LogP contribution in [0.25, 0.3) is 0 Å². The molecule has 0 saturated carbocycles. The van der Waals surface area contributed by atoms with Crippen LogP contribution in [0.5, 0.6) is 5.75 Å². The van der Waals surface area contributed by atoms with E-state index in [1.165, 1.54) is 16.8 Å². The second kappa shape index (κ2) is 6.80. The van der Waals surface area contributed by atoms with Crippen LogP contribution < -0.4 is 9.64 Å². The molecule has 2 aromatic carbocycles. The summed E-state index contributed by atoms with van der Waals surface area (Å²) in [6.07, 6.45) is 1.07. The first-order valence-corrected chi connectivity index (χ1v) is 7.56. The first kappa shape index (κ1) is 14.9. The molecule has 0 fully saturated rings. The molecule has 0 aliphatic rings. The Labute approximate surface area is 129 Å². The van der Waals surface area contributed by atoms with E-state index >= 15 is 0 Å². The lowest BCUT2D eigenvalue weighted by molar-refractivity contribution is 0.409. The molecule has 0 aliphatic heterocycles. The van der Waals surface area contributed by atoms with E-state index in [0.717, 1.165) is 23.2 Å². The fourth-order valence-electron chi connectivity index (χ4n) is 2.20. The van der Waals surface area contributed by atoms with Gasteiger partial charge in [-0.2, -0.15) is 0 Å². The second-order valence-electron chi connectivity index (χ2n) is 4.83. The maximum atomic E-state index is 5.43. The van der Waals surface area contributed by atoms with Crippen molar-refractivity contribution in [3.8, 4) is 5.75 Å². The Morgan fingerprint density at radius 3 is 2.40 bits per heavy atom. The van der Waals surface area contributed by atoms with Gasteiger partial charge in [-0.05, 0) is 42.3 Å². The fourth-order valence-corrected chi connectivity index (χ4v) is 2.61. The van der Waals surface area contributed by atoms with Crippen LogP contribution in [0.3, 0.4) is 0 Å². The summed E-state index contributed by atoms with van der Waals surface area (Å²) >= 11 is 3.52. The molecule has 2 rings (SSSR count). The van der Waals surface area contributed by atoms with Gasteiger partial charge in [0.05, 0.1) is 7.11 Å². The highest BCUT2D eigenvalue weighted by molar-refractivity contribution is 9.10. The predicted octanol–water partition coefficient (Wildman–Crippen LogP) is 4.66. The average molecular weight is 334 g/mol. The topological polar surface area (TPSA) is 12.5 Å². The zero-order valence-corrected chi connectivity index (χ0v) is 13.8. The van der Waals surface area contributed by atoms with Crippen molar-refractivity contribution >= 4 is 21.6 Å². The summed E-state index contributed by atoms with van der Waals surface area (Å²) < 4.78 is 6.50. The maximum Gasteiger partial charge on any atom is 0.123 e. The zero-order chi connectivity index (χ0) is 14.5. The molecule has 20 heavy (non-hydrogen) atoms. The number of ether oxygens (including phenoxy) is 1. The molecule has 0 unspecified atom stereocenters. The molecule has 0 heterocycles. The highest BCUT2D eigenvalue weighted by Gasteiger charge is 2.08. The quantitative estimate of drug-likeness (QED) is 0.789. The molecule has 0 N–H and O–H groups in total. The summed E-state index contributed by atoms with van der Waals surface area (Å²) in [7, 11) is 3.81. The smallest absolute Gasteiger partial charge is 0.123 e. The van der Waals surface area contributed by atoms with Crippen LogP contribution in [-0.2, 0) is 13.0 Å². The second-order valence-corrected chi connectivity index (χ2v) is 5.75. The van der Waals surface area contributed by atoms with E-state index in [2.05, 4.69) is 65.1 Å². The normalized spacial score (nSPS) is 10.4. The Kier molecular flexibility index (Phi) is 5.07. The van der Waals surface area contributed by atoms with Crippen LogP contribution in [-0.4, -0.2) is 14.2 Å². The number of rotatable bonds is 5. The molecule has 0 amide bonds.